The van der Waals surface area contributed by atoms with Crippen LogP contribution in [0, 0.1) is 0 Å². The van der Waals surface area contributed by atoms with E-state index in [4.69, 9.17) is 4.74 Å². The van der Waals surface area contributed by atoms with Crippen molar-refractivity contribution >= 4 is 23.0 Å². The topological polar surface area (TPSA) is 79.4 Å². The highest BCUT2D eigenvalue weighted by Crippen LogP contribution is 2.29. The van der Waals surface area contributed by atoms with Gasteiger partial charge >= 0.3 is 0 Å². The van der Waals surface area contributed by atoms with Crippen LogP contribution in [-0.2, 0) is 11.3 Å². The first kappa shape index (κ1) is 18.9. The molecule has 0 bridgehead atoms. The maximum absolute atomic E-state index is 12.5. The molecule has 1 amide bonds. The molecule has 4 rings (SSSR count). The van der Waals surface area contributed by atoms with Crippen molar-refractivity contribution in [3.05, 3.63) is 78.4 Å². The SMILES string of the molecule is O=C(NCc1ccccn1)c1cncc(Nc2ccccc2N2CCOCC2)c1. The number of carbonyl (C=O) groups is 1. The largest absolute Gasteiger partial charge is 0.378 e. The van der Waals surface area contributed by atoms with E-state index in [0.29, 0.717) is 12.1 Å². The van der Waals surface area contributed by atoms with Crippen molar-refractivity contribution in [3.63, 3.8) is 0 Å². The molecule has 1 fully saturated rings. The van der Waals surface area contributed by atoms with Gasteiger partial charge in [-0.15, -0.1) is 0 Å². The fraction of sp³-hybridized carbons (Fsp3) is 0.227. The van der Waals surface area contributed by atoms with Crippen molar-refractivity contribution in [2.45, 2.75) is 6.54 Å². The summed E-state index contributed by atoms with van der Waals surface area (Å²) in [5.74, 6) is -0.187. The van der Waals surface area contributed by atoms with Gasteiger partial charge in [-0.05, 0) is 30.3 Å². The Morgan fingerprint density at radius 3 is 2.72 bits per heavy atom. The van der Waals surface area contributed by atoms with E-state index in [0.717, 1.165) is 49.1 Å². The number of hydrogen-bond donors (Lipinski definition) is 2. The second-order valence-electron chi connectivity index (χ2n) is 6.71. The van der Waals surface area contributed by atoms with E-state index in [2.05, 4.69) is 31.6 Å². The Bertz CT molecular complexity index is 958. The number of morpholine rings is 1. The molecule has 0 atom stereocenters. The minimum absolute atomic E-state index is 0.187. The van der Waals surface area contributed by atoms with Gasteiger partial charge in [0, 0.05) is 25.5 Å². The van der Waals surface area contributed by atoms with Gasteiger partial charge in [0.15, 0.2) is 0 Å². The van der Waals surface area contributed by atoms with Crippen molar-refractivity contribution in [2.75, 3.05) is 36.5 Å². The Morgan fingerprint density at radius 2 is 1.90 bits per heavy atom. The van der Waals surface area contributed by atoms with Gasteiger partial charge in [-0.1, -0.05) is 18.2 Å². The van der Waals surface area contributed by atoms with Crippen LogP contribution in [0.1, 0.15) is 16.1 Å². The molecule has 1 aliphatic heterocycles. The number of pyridine rings is 2. The van der Waals surface area contributed by atoms with Gasteiger partial charge in [0.1, 0.15) is 0 Å². The van der Waals surface area contributed by atoms with Crippen molar-refractivity contribution in [2.24, 2.45) is 0 Å². The number of nitrogens with one attached hydrogen (secondary N) is 2. The minimum atomic E-state index is -0.187. The highest BCUT2D eigenvalue weighted by atomic mass is 16.5. The first-order valence-electron chi connectivity index (χ1n) is 9.61. The van der Waals surface area contributed by atoms with Gasteiger partial charge in [-0.25, -0.2) is 0 Å². The molecule has 7 nitrogen and oxygen atoms in total. The Labute approximate surface area is 169 Å². The van der Waals surface area contributed by atoms with E-state index < -0.39 is 0 Å². The van der Waals surface area contributed by atoms with E-state index in [-0.39, 0.29) is 5.91 Å². The number of benzene rings is 1. The summed E-state index contributed by atoms with van der Waals surface area (Å²) in [7, 11) is 0. The Kier molecular flexibility index (Phi) is 5.97. The normalized spacial score (nSPS) is 13.7. The molecular formula is C22H23N5O2. The number of nitrogens with zero attached hydrogens (tertiary/aromatic N) is 3. The molecule has 7 heteroatoms. The average Bonchev–Trinajstić information content (AvgIpc) is 2.79. The van der Waals surface area contributed by atoms with Crippen LogP contribution in [0.25, 0.3) is 0 Å². The van der Waals surface area contributed by atoms with Crippen LogP contribution in [0.4, 0.5) is 17.1 Å². The molecule has 3 heterocycles. The summed E-state index contributed by atoms with van der Waals surface area (Å²) in [6.45, 7) is 3.53. The lowest BCUT2D eigenvalue weighted by atomic mass is 10.2. The second kappa shape index (κ2) is 9.16. The molecule has 0 spiro atoms. The van der Waals surface area contributed by atoms with Crippen LogP contribution in [0.3, 0.4) is 0 Å². The summed E-state index contributed by atoms with van der Waals surface area (Å²) in [6.07, 6.45) is 4.98. The molecule has 2 aromatic heterocycles. The number of anilines is 3. The summed E-state index contributed by atoms with van der Waals surface area (Å²) in [6, 6.07) is 15.5. The van der Waals surface area contributed by atoms with Crippen molar-refractivity contribution in [1.82, 2.24) is 15.3 Å². The second-order valence-corrected chi connectivity index (χ2v) is 6.71. The summed E-state index contributed by atoms with van der Waals surface area (Å²) in [4.78, 5) is 23.2. The van der Waals surface area contributed by atoms with E-state index in [1.54, 1.807) is 24.7 Å². The lowest BCUT2D eigenvalue weighted by molar-refractivity contribution is 0.0950. The standard InChI is InChI=1S/C22H23N5O2/c28-22(25-16-18-5-3-4-8-24-18)17-13-19(15-23-14-17)26-20-6-1-2-7-21(20)27-9-11-29-12-10-27/h1-8,13-15,26H,9-12,16H2,(H,25,28). The first-order valence-corrected chi connectivity index (χ1v) is 9.61. The van der Waals surface area contributed by atoms with E-state index >= 15 is 0 Å². The fourth-order valence-electron chi connectivity index (χ4n) is 3.22. The molecule has 0 radical (unpaired) electrons. The summed E-state index contributed by atoms with van der Waals surface area (Å²) in [5, 5.41) is 6.28. The molecule has 148 valence electrons. The van der Waals surface area contributed by atoms with Gasteiger partial charge in [-0.3, -0.25) is 14.8 Å². The molecule has 29 heavy (non-hydrogen) atoms. The number of aromatic nitrogens is 2. The minimum Gasteiger partial charge on any atom is -0.378 e. The third kappa shape index (κ3) is 4.89. The van der Waals surface area contributed by atoms with Gasteiger partial charge in [-0.2, -0.15) is 0 Å². The maximum atomic E-state index is 12.5. The molecular weight excluding hydrogens is 366 g/mol. The molecule has 1 aliphatic rings. The predicted octanol–water partition coefficient (Wildman–Crippen LogP) is 2.99. The molecule has 0 unspecified atom stereocenters. The zero-order chi connectivity index (χ0) is 19.9. The smallest absolute Gasteiger partial charge is 0.253 e. The zero-order valence-electron chi connectivity index (χ0n) is 16.0. The van der Waals surface area contributed by atoms with Gasteiger partial charge in [0.05, 0.1) is 54.3 Å². The van der Waals surface area contributed by atoms with E-state index in [9.17, 15) is 4.79 Å². The van der Waals surface area contributed by atoms with Crippen LogP contribution >= 0.6 is 0 Å². The van der Waals surface area contributed by atoms with E-state index in [1.807, 2.05) is 36.4 Å². The third-order valence-electron chi connectivity index (χ3n) is 4.69. The highest BCUT2D eigenvalue weighted by Gasteiger charge is 2.15. The number of hydrogen-bond acceptors (Lipinski definition) is 6. The van der Waals surface area contributed by atoms with Crippen LogP contribution in [-0.4, -0.2) is 42.2 Å². The van der Waals surface area contributed by atoms with Gasteiger partial charge in [0.25, 0.3) is 5.91 Å². The zero-order valence-corrected chi connectivity index (χ0v) is 16.0. The van der Waals surface area contributed by atoms with Crippen molar-refractivity contribution in [3.8, 4) is 0 Å². The van der Waals surface area contributed by atoms with Crippen LogP contribution in [0.15, 0.2) is 67.1 Å². The number of amides is 1. The quantitative estimate of drug-likeness (QED) is 0.675. The summed E-state index contributed by atoms with van der Waals surface area (Å²) in [5.41, 5.74) is 4.15. The fourth-order valence-corrected chi connectivity index (χ4v) is 3.22. The molecule has 0 saturated carbocycles. The molecule has 0 aliphatic carbocycles. The van der Waals surface area contributed by atoms with Crippen molar-refractivity contribution in [1.29, 1.82) is 0 Å². The molecule has 1 saturated heterocycles. The van der Waals surface area contributed by atoms with Crippen LogP contribution in [0.2, 0.25) is 0 Å². The van der Waals surface area contributed by atoms with Crippen LogP contribution < -0.4 is 15.5 Å². The maximum Gasteiger partial charge on any atom is 0.253 e. The van der Waals surface area contributed by atoms with Gasteiger partial charge < -0.3 is 20.3 Å². The number of rotatable bonds is 6. The van der Waals surface area contributed by atoms with E-state index in [1.165, 1.54) is 0 Å². The Balaban J connectivity index is 1.46. The highest BCUT2D eigenvalue weighted by molar-refractivity contribution is 5.95. The number of ether oxygens (including phenoxy) is 1. The monoisotopic (exact) mass is 389 g/mol. The molecule has 2 N–H and O–H groups in total. The van der Waals surface area contributed by atoms with Crippen LogP contribution in [0.5, 0.6) is 0 Å². The Hall–Kier alpha value is -3.45. The molecule has 3 aromatic rings. The predicted molar refractivity (Wildman–Crippen MR) is 112 cm³/mol. The first-order chi connectivity index (χ1) is 14.3. The Morgan fingerprint density at radius 1 is 1.07 bits per heavy atom. The molecule has 1 aromatic carbocycles. The number of carbonyl (C=O) groups excluding carboxylic acids is 1. The summed E-state index contributed by atoms with van der Waals surface area (Å²) < 4.78 is 5.46. The summed E-state index contributed by atoms with van der Waals surface area (Å²) >= 11 is 0. The average molecular weight is 389 g/mol. The third-order valence-corrected chi connectivity index (χ3v) is 4.69. The lowest BCUT2D eigenvalue weighted by Crippen LogP contribution is -2.36. The lowest BCUT2D eigenvalue weighted by Gasteiger charge is -2.30. The number of para-hydroxylation sites is 2. The van der Waals surface area contributed by atoms with Crippen molar-refractivity contribution < 1.29 is 9.53 Å². The van der Waals surface area contributed by atoms with Gasteiger partial charge in [0.2, 0.25) is 0 Å².